The molecule has 1 aromatic heterocycles. The standard InChI is InChI=1S/C16H22N2O2.2ClH/c1-13(2)17-11-14(19)12-20-16-8-4-3-7-15(16)18-9-5-6-10-18;;/h3-10,13-14,17,19H,11-12H2,1-2H3;2*1H. The van der Waals surface area contributed by atoms with E-state index in [1.165, 1.54) is 0 Å². The van der Waals surface area contributed by atoms with Crippen molar-refractivity contribution in [1.29, 1.82) is 0 Å². The molecule has 2 aromatic rings. The number of rotatable bonds is 7. The van der Waals surface area contributed by atoms with Crippen LogP contribution in [0.25, 0.3) is 5.69 Å². The Morgan fingerprint density at radius 2 is 1.73 bits per heavy atom. The number of aliphatic hydroxyl groups excluding tert-OH is 1. The Balaban J connectivity index is 0.00000220. The van der Waals surface area contributed by atoms with Gasteiger partial charge in [0.15, 0.2) is 0 Å². The number of nitrogens with one attached hydrogen (secondary N) is 1. The predicted molar refractivity (Wildman–Crippen MR) is 94.9 cm³/mol. The van der Waals surface area contributed by atoms with E-state index in [1.807, 2.05) is 53.4 Å². The Morgan fingerprint density at radius 3 is 2.36 bits per heavy atom. The number of halogens is 2. The van der Waals surface area contributed by atoms with Gasteiger partial charge in [0, 0.05) is 25.0 Å². The van der Waals surface area contributed by atoms with E-state index in [0.29, 0.717) is 12.6 Å². The van der Waals surface area contributed by atoms with Gasteiger partial charge < -0.3 is 19.7 Å². The highest BCUT2D eigenvalue weighted by molar-refractivity contribution is 5.85. The largest absolute Gasteiger partial charge is 0.489 e. The fourth-order valence-electron chi connectivity index (χ4n) is 1.90. The van der Waals surface area contributed by atoms with Crippen molar-refractivity contribution < 1.29 is 9.84 Å². The third-order valence-electron chi connectivity index (χ3n) is 2.94. The Hall–Kier alpha value is -1.20. The number of nitrogens with zero attached hydrogens (tertiary/aromatic N) is 1. The van der Waals surface area contributed by atoms with Crippen LogP contribution in [0.15, 0.2) is 48.8 Å². The Labute approximate surface area is 144 Å². The topological polar surface area (TPSA) is 46.4 Å². The van der Waals surface area contributed by atoms with Gasteiger partial charge in [0.1, 0.15) is 18.5 Å². The second-order valence-corrected chi connectivity index (χ2v) is 5.09. The first-order chi connectivity index (χ1) is 9.66. The molecule has 22 heavy (non-hydrogen) atoms. The predicted octanol–water partition coefficient (Wildman–Crippen LogP) is 3.06. The molecular formula is C16H24Cl2N2O2. The summed E-state index contributed by atoms with van der Waals surface area (Å²) in [4.78, 5) is 0. The minimum atomic E-state index is -0.518. The highest BCUT2D eigenvalue weighted by atomic mass is 35.5. The van der Waals surface area contributed by atoms with Crippen LogP contribution in [0.3, 0.4) is 0 Å². The summed E-state index contributed by atoms with van der Waals surface area (Å²) in [7, 11) is 0. The Morgan fingerprint density at radius 1 is 1.09 bits per heavy atom. The molecule has 2 N–H and O–H groups in total. The van der Waals surface area contributed by atoms with Gasteiger partial charge in [-0.3, -0.25) is 0 Å². The van der Waals surface area contributed by atoms with Gasteiger partial charge in [0.25, 0.3) is 0 Å². The lowest BCUT2D eigenvalue weighted by Crippen LogP contribution is -2.35. The number of benzene rings is 1. The third kappa shape index (κ3) is 6.28. The molecule has 124 valence electrons. The number of aliphatic hydroxyl groups is 1. The average Bonchev–Trinajstić information content (AvgIpc) is 2.97. The van der Waals surface area contributed by atoms with Gasteiger partial charge in [-0.05, 0) is 24.3 Å². The van der Waals surface area contributed by atoms with E-state index in [0.717, 1.165) is 11.4 Å². The minimum absolute atomic E-state index is 0. The smallest absolute Gasteiger partial charge is 0.143 e. The van der Waals surface area contributed by atoms with E-state index in [9.17, 15) is 5.11 Å². The summed E-state index contributed by atoms with van der Waals surface area (Å²) in [5, 5.41) is 13.1. The molecule has 0 aliphatic heterocycles. The molecule has 2 rings (SSSR count). The van der Waals surface area contributed by atoms with Crippen molar-refractivity contribution in [3.05, 3.63) is 48.8 Å². The maximum absolute atomic E-state index is 9.89. The number of hydrogen-bond acceptors (Lipinski definition) is 3. The fraction of sp³-hybridized carbons (Fsp3) is 0.375. The van der Waals surface area contributed by atoms with Gasteiger partial charge in [0.05, 0.1) is 5.69 Å². The van der Waals surface area contributed by atoms with Crippen LogP contribution >= 0.6 is 24.8 Å². The summed E-state index contributed by atoms with van der Waals surface area (Å²) in [5.74, 6) is 0.771. The highest BCUT2D eigenvalue weighted by Gasteiger charge is 2.09. The van der Waals surface area contributed by atoms with Gasteiger partial charge in [-0.1, -0.05) is 26.0 Å². The van der Waals surface area contributed by atoms with E-state index in [-0.39, 0.29) is 31.4 Å². The van der Waals surface area contributed by atoms with Crippen LogP contribution < -0.4 is 10.1 Å². The van der Waals surface area contributed by atoms with Gasteiger partial charge >= 0.3 is 0 Å². The van der Waals surface area contributed by atoms with Crippen LogP contribution in [0.2, 0.25) is 0 Å². The van der Waals surface area contributed by atoms with Crippen LogP contribution in [-0.4, -0.2) is 35.0 Å². The van der Waals surface area contributed by atoms with E-state index >= 15 is 0 Å². The zero-order valence-corrected chi connectivity index (χ0v) is 14.4. The van der Waals surface area contributed by atoms with Gasteiger partial charge in [0.2, 0.25) is 0 Å². The zero-order valence-electron chi connectivity index (χ0n) is 12.8. The third-order valence-corrected chi connectivity index (χ3v) is 2.94. The maximum atomic E-state index is 9.89. The monoisotopic (exact) mass is 346 g/mol. The van der Waals surface area contributed by atoms with Crippen molar-refractivity contribution in [2.45, 2.75) is 26.0 Å². The van der Waals surface area contributed by atoms with Crippen LogP contribution in [-0.2, 0) is 0 Å². The normalized spacial score (nSPS) is 11.5. The Kier molecular flexibility index (Phi) is 9.94. The molecule has 0 fully saturated rings. The first-order valence-corrected chi connectivity index (χ1v) is 6.93. The van der Waals surface area contributed by atoms with E-state index < -0.39 is 6.10 Å². The molecule has 0 saturated carbocycles. The Bertz CT molecular complexity index is 519. The van der Waals surface area contributed by atoms with Gasteiger partial charge in [-0.25, -0.2) is 0 Å². The second-order valence-electron chi connectivity index (χ2n) is 5.09. The zero-order chi connectivity index (χ0) is 14.4. The summed E-state index contributed by atoms with van der Waals surface area (Å²) in [6.07, 6.45) is 3.42. The van der Waals surface area contributed by atoms with E-state index in [2.05, 4.69) is 19.2 Å². The van der Waals surface area contributed by atoms with Crippen molar-refractivity contribution in [3.8, 4) is 11.4 Å². The molecule has 0 aliphatic carbocycles. The molecule has 1 unspecified atom stereocenters. The molecule has 0 saturated heterocycles. The summed E-state index contributed by atoms with van der Waals surface area (Å²) in [5.41, 5.74) is 0.974. The van der Waals surface area contributed by atoms with Gasteiger partial charge in [-0.15, -0.1) is 24.8 Å². The molecule has 1 atom stereocenters. The number of ether oxygens (including phenoxy) is 1. The quantitative estimate of drug-likeness (QED) is 0.809. The van der Waals surface area contributed by atoms with Crippen molar-refractivity contribution in [2.24, 2.45) is 0 Å². The van der Waals surface area contributed by atoms with Crippen molar-refractivity contribution >= 4 is 24.8 Å². The number of hydrogen-bond donors (Lipinski definition) is 2. The van der Waals surface area contributed by atoms with E-state index in [1.54, 1.807) is 0 Å². The molecule has 0 aliphatic rings. The van der Waals surface area contributed by atoms with Crippen LogP contribution in [0.5, 0.6) is 5.75 Å². The lowest BCUT2D eigenvalue weighted by Gasteiger charge is -2.17. The molecule has 1 aromatic carbocycles. The summed E-state index contributed by atoms with van der Waals surface area (Å²) < 4.78 is 7.74. The molecule has 1 heterocycles. The second kappa shape index (κ2) is 10.5. The maximum Gasteiger partial charge on any atom is 0.143 e. The molecule has 0 radical (unpaired) electrons. The van der Waals surface area contributed by atoms with E-state index in [4.69, 9.17) is 4.74 Å². The SMILES string of the molecule is CC(C)NCC(O)COc1ccccc1-n1cccc1.Cl.Cl. The van der Waals surface area contributed by atoms with Gasteiger partial charge in [-0.2, -0.15) is 0 Å². The van der Waals surface area contributed by atoms with Crippen LogP contribution in [0.1, 0.15) is 13.8 Å². The molecule has 6 heteroatoms. The summed E-state index contributed by atoms with van der Waals surface area (Å²) in [6, 6.07) is 12.1. The van der Waals surface area contributed by atoms with Crippen molar-refractivity contribution in [3.63, 3.8) is 0 Å². The van der Waals surface area contributed by atoms with Crippen LogP contribution in [0.4, 0.5) is 0 Å². The number of aromatic nitrogens is 1. The molecule has 0 spiro atoms. The minimum Gasteiger partial charge on any atom is -0.489 e. The lowest BCUT2D eigenvalue weighted by molar-refractivity contribution is 0.104. The fourth-order valence-corrected chi connectivity index (χ4v) is 1.90. The summed E-state index contributed by atoms with van der Waals surface area (Å²) >= 11 is 0. The summed E-state index contributed by atoms with van der Waals surface area (Å²) in [6.45, 7) is 4.91. The molecule has 0 amide bonds. The lowest BCUT2D eigenvalue weighted by atomic mass is 10.3. The molecular weight excluding hydrogens is 323 g/mol. The first kappa shape index (κ1) is 20.8. The number of para-hydroxylation sites is 2. The van der Waals surface area contributed by atoms with Crippen molar-refractivity contribution in [1.82, 2.24) is 9.88 Å². The first-order valence-electron chi connectivity index (χ1n) is 6.93. The molecule has 0 bridgehead atoms. The average molecular weight is 347 g/mol. The van der Waals surface area contributed by atoms with Crippen LogP contribution in [0, 0.1) is 0 Å². The van der Waals surface area contributed by atoms with Crippen molar-refractivity contribution in [2.75, 3.05) is 13.2 Å². The highest BCUT2D eigenvalue weighted by Crippen LogP contribution is 2.22. The molecule has 4 nitrogen and oxygen atoms in total.